The summed E-state index contributed by atoms with van der Waals surface area (Å²) < 4.78 is 35.3. The van der Waals surface area contributed by atoms with E-state index >= 15 is 0 Å². The van der Waals surface area contributed by atoms with Crippen molar-refractivity contribution in [3.05, 3.63) is 109 Å². The first kappa shape index (κ1) is 50.7. The van der Waals surface area contributed by atoms with Gasteiger partial charge in [-0.3, -0.25) is 38.8 Å². The monoisotopic (exact) mass is 884 g/mol. The van der Waals surface area contributed by atoms with Gasteiger partial charge in [-0.2, -0.15) is 0 Å². The van der Waals surface area contributed by atoms with Gasteiger partial charge in [-0.05, 0) is 116 Å². The molecule has 3 aromatic carbocycles. The third kappa shape index (κ3) is 14.7. The molecule has 0 saturated carbocycles. The lowest BCUT2D eigenvalue weighted by Crippen LogP contribution is -2.09. The molecule has 3 aromatic rings. The number of aromatic hydroxyl groups is 1. The molecular weight excluding hydrogens is 826 g/mol. The molecule has 16 heteroatoms. The Morgan fingerprint density at radius 1 is 0.574 bits per heavy atom. The van der Waals surface area contributed by atoms with Gasteiger partial charge in [0.05, 0.1) is 5.76 Å². The molecule has 0 aliphatic heterocycles. The minimum absolute atomic E-state index is 0.0327. The summed E-state index contributed by atoms with van der Waals surface area (Å²) in [5.41, 5.74) is 1.82. The van der Waals surface area contributed by atoms with Crippen molar-refractivity contribution in [2.45, 2.75) is 126 Å². The summed E-state index contributed by atoms with van der Waals surface area (Å²) in [5, 5.41) is 22.8. The van der Waals surface area contributed by atoms with Crippen molar-refractivity contribution < 1.29 is 67.1 Å². The molecule has 14 nitrogen and oxygen atoms in total. The van der Waals surface area contributed by atoms with Gasteiger partial charge < -0.3 is 19.3 Å². The number of phenolic OH excluding ortho intramolecular Hbond substituents is 1. The number of phosphoric ester groups is 2. The van der Waals surface area contributed by atoms with Crippen molar-refractivity contribution in [2.24, 2.45) is 0 Å². The number of aryl methyl sites for hydroxylation is 1. The maximum atomic E-state index is 13.5. The number of rotatable bonds is 24. The van der Waals surface area contributed by atoms with Gasteiger partial charge in [-0.1, -0.05) is 34.6 Å². The predicted molar refractivity (Wildman–Crippen MR) is 232 cm³/mol. The van der Waals surface area contributed by atoms with Gasteiger partial charge in [0.25, 0.3) is 0 Å². The Labute approximate surface area is 357 Å². The van der Waals surface area contributed by atoms with Crippen LogP contribution in [0.3, 0.4) is 0 Å². The Hall–Kier alpha value is -4.68. The number of ketones is 4. The quantitative estimate of drug-likeness (QED) is 0.0161. The highest BCUT2D eigenvalue weighted by Crippen LogP contribution is 2.46. The van der Waals surface area contributed by atoms with E-state index in [4.69, 9.17) is 9.05 Å². The van der Waals surface area contributed by atoms with Gasteiger partial charge >= 0.3 is 15.6 Å². The maximum Gasteiger partial charge on any atom is 0.524 e. The first-order valence-electron chi connectivity index (χ1n) is 20.4. The highest BCUT2D eigenvalue weighted by Gasteiger charge is 2.28. The molecule has 0 saturated heterocycles. The third-order valence-corrected chi connectivity index (χ3v) is 10.7. The zero-order chi connectivity index (χ0) is 45.8. The van der Waals surface area contributed by atoms with E-state index in [2.05, 4.69) is 0 Å². The predicted octanol–water partition coefficient (Wildman–Crippen LogP) is 9.72. The van der Waals surface area contributed by atoms with E-state index in [0.29, 0.717) is 36.8 Å². The smallest absolute Gasteiger partial charge is 0.512 e. The maximum absolute atomic E-state index is 13.5. The van der Waals surface area contributed by atoms with Crippen LogP contribution in [0.4, 0.5) is 0 Å². The Morgan fingerprint density at radius 2 is 0.934 bits per heavy atom. The fourth-order valence-electron chi connectivity index (χ4n) is 6.93. The van der Waals surface area contributed by atoms with Crippen molar-refractivity contribution >= 4 is 38.8 Å². The molecule has 0 bridgehead atoms. The van der Waals surface area contributed by atoms with Crippen molar-refractivity contribution in [3.63, 3.8) is 0 Å². The Bertz CT molecular complexity index is 2290. The number of phosphoric acid groups is 2. The lowest BCUT2D eigenvalue weighted by Gasteiger charge is -2.21. The van der Waals surface area contributed by atoms with E-state index in [-0.39, 0.29) is 142 Å². The number of carbonyl (C=O) groups is 4. The van der Waals surface area contributed by atoms with E-state index < -0.39 is 21.4 Å². The first-order chi connectivity index (χ1) is 28.6. The van der Waals surface area contributed by atoms with Gasteiger partial charge in [0.15, 0.2) is 23.1 Å². The second-order valence-corrected chi connectivity index (χ2v) is 17.4. The summed E-state index contributed by atoms with van der Waals surface area (Å²) in [7, 11) is -10.5. The number of phenols is 1. The number of Topliss-reactive ketones (excluding diaryl/α,β-unsaturated/α-hetero) is 4. The van der Waals surface area contributed by atoms with Crippen molar-refractivity contribution in [1.29, 1.82) is 0 Å². The molecule has 332 valence electrons. The van der Waals surface area contributed by atoms with Gasteiger partial charge in [0.2, 0.25) is 0 Å². The molecule has 0 unspecified atom stereocenters. The number of hydrogen-bond donors (Lipinski definition) is 6. The molecule has 0 fully saturated rings. The van der Waals surface area contributed by atoms with Crippen LogP contribution in [0.2, 0.25) is 0 Å². The van der Waals surface area contributed by atoms with Crippen LogP contribution in [0.15, 0.2) is 59.4 Å². The van der Waals surface area contributed by atoms with Crippen molar-refractivity contribution in [3.8, 4) is 17.2 Å². The summed E-state index contributed by atoms with van der Waals surface area (Å²) in [5.74, 6) is -2.17. The molecule has 61 heavy (non-hydrogen) atoms. The Kier molecular flexibility index (Phi) is 18.6. The topological polar surface area (TPSA) is 242 Å². The minimum Gasteiger partial charge on any atom is -0.512 e. The number of carbonyl (C=O) groups excluding carboxylic acids is 4. The molecule has 0 amide bonds. The summed E-state index contributed by atoms with van der Waals surface area (Å²) >= 11 is 0. The van der Waals surface area contributed by atoms with E-state index in [1.54, 1.807) is 27.7 Å². The lowest BCUT2D eigenvalue weighted by atomic mass is 9.89. The molecule has 3 rings (SSSR count). The molecule has 6 N–H and O–H groups in total. The summed E-state index contributed by atoms with van der Waals surface area (Å²) in [4.78, 5) is 93.0. The zero-order valence-corrected chi connectivity index (χ0v) is 37.7. The van der Waals surface area contributed by atoms with Gasteiger partial charge in [-0.25, -0.2) is 9.13 Å². The molecule has 0 radical (unpaired) electrons. The normalized spacial score (nSPS) is 12.5. The Morgan fingerprint density at radius 3 is 1.30 bits per heavy atom. The minimum atomic E-state index is -5.32. The Balaban J connectivity index is 2.43. The van der Waals surface area contributed by atoms with E-state index in [1.807, 2.05) is 13.8 Å². The van der Waals surface area contributed by atoms with Gasteiger partial charge in [0, 0.05) is 78.3 Å². The second-order valence-electron chi connectivity index (χ2n) is 15.1. The highest BCUT2D eigenvalue weighted by molar-refractivity contribution is 7.47. The molecule has 0 aliphatic carbocycles. The average Bonchev–Trinajstić information content (AvgIpc) is 3.16. The average molecular weight is 885 g/mol. The van der Waals surface area contributed by atoms with Crippen molar-refractivity contribution in [1.82, 2.24) is 0 Å². The van der Waals surface area contributed by atoms with Gasteiger partial charge in [-0.15, -0.1) is 0 Å². The fourth-order valence-corrected chi connectivity index (χ4v) is 7.87. The summed E-state index contributed by atoms with van der Waals surface area (Å²) in [6.07, 6.45) is 3.54. The molecule has 0 spiro atoms. The van der Waals surface area contributed by atoms with E-state index in [9.17, 15) is 58.1 Å². The molecule has 0 aliphatic rings. The van der Waals surface area contributed by atoms with Crippen LogP contribution in [0.1, 0.15) is 164 Å². The SMILES string of the molecule is CCCC(=O)/C(C)=C/C(Cc1cc(C(=O)CCC)cc(Cc2cc(C(=O)CCC)cc(Cc3cc(C(=O)CCC)cc(CC)c3OP(=O)(O)O)c2O)c1OP(=O)(O)O)=C(\C)O. The molecule has 0 atom stereocenters. The first-order valence-corrected chi connectivity index (χ1v) is 23.5. The molecule has 0 heterocycles. The number of hydrogen-bond acceptors (Lipinski definition) is 10. The standard InChI is InChI=1S/C45H58O14P2/c1-8-13-39(47)27(6)17-30(28(7)46)19-36-23-33(42(50)16-11-4)24-38(45(36)59-61(55,56)57)26-35-21-32(41(49)15-10-3)20-34(43(35)51)25-37-22-31(40(48)14-9-2)18-29(12-5)44(37)58-60(52,53)54/h17-18,20-24,46,51H,8-16,19,25-26H2,1-7H3,(H2,52,53,54)(H2,55,56,57)/b27-17+,30-28-. The van der Waals surface area contributed by atoms with E-state index in [0.717, 1.165) is 0 Å². The number of benzene rings is 3. The zero-order valence-electron chi connectivity index (χ0n) is 35.9. The van der Waals surface area contributed by atoms with Crippen LogP contribution in [0, 0.1) is 0 Å². The summed E-state index contributed by atoms with van der Waals surface area (Å²) in [6.45, 7) is 12.0. The largest absolute Gasteiger partial charge is 0.524 e. The number of allylic oxidation sites excluding steroid dienone is 4. The lowest BCUT2D eigenvalue weighted by molar-refractivity contribution is -0.115. The van der Waals surface area contributed by atoms with Crippen molar-refractivity contribution in [2.75, 3.05) is 0 Å². The highest BCUT2D eigenvalue weighted by atomic mass is 31.2. The molecular formula is C45H58O14P2. The third-order valence-electron chi connectivity index (χ3n) is 9.87. The second kappa shape index (κ2) is 22.4. The fraction of sp³-hybridized carbons (Fsp3) is 0.422. The van der Waals surface area contributed by atoms with Crippen LogP contribution in [-0.2, 0) is 39.6 Å². The van der Waals surface area contributed by atoms with Crippen LogP contribution in [0.25, 0.3) is 0 Å². The van der Waals surface area contributed by atoms with Crippen LogP contribution in [-0.4, -0.2) is 52.9 Å². The number of aliphatic hydroxyl groups excluding tert-OH is 1. The van der Waals surface area contributed by atoms with Crippen LogP contribution >= 0.6 is 15.6 Å². The number of aliphatic hydroxyl groups is 1. The van der Waals surface area contributed by atoms with E-state index in [1.165, 1.54) is 49.4 Å². The molecule has 0 aromatic heterocycles. The summed E-state index contributed by atoms with van der Waals surface area (Å²) in [6, 6.07) is 8.57. The van der Waals surface area contributed by atoms with Crippen LogP contribution < -0.4 is 9.05 Å². The van der Waals surface area contributed by atoms with Crippen LogP contribution in [0.5, 0.6) is 17.2 Å². The van der Waals surface area contributed by atoms with Gasteiger partial charge in [0.1, 0.15) is 17.2 Å².